The summed E-state index contributed by atoms with van der Waals surface area (Å²) >= 11 is 0. The van der Waals surface area contributed by atoms with Crippen molar-refractivity contribution in [2.75, 3.05) is 12.0 Å². The second kappa shape index (κ2) is 6.83. The summed E-state index contributed by atoms with van der Waals surface area (Å²) in [4.78, 5) is 10.1. The number of sulfonamides is 1. The number of rotatable bonds is 7. The van der Waals surface area contributed by atoms with Gasteiger partial charge < -0.3 is 5.43 Å². The lowest BCUT2D eigenvalue weighted by atomic mass is 10.3. The third kappa shape index (κ3) is 3.49. The van der Waals surface area contributed by atoms with E-state index in [1.165, 1.54) is 22.5 Å². The molecule has 1 aromatic rings. The van der Waals surface area contributed by atoms with Crippen LogP contribution in [0.5, 0.6) is 0 Å². The third-order valence-electron chi connectivity index (χ3n) is 2.94. The van der Waals surface area contributed by atoms with Crippen LogP contribution in [-0.2, 0) is 10.0 Å². The Morgan fingerprint density at radius 2 is 2.05 bits per heavy atom. The Balaban J connectivity index is 3.54. The van der Waals surface area contributed by atoms with Gasteiger partial charge in [-0.2, -0.15) is 4.31 Å². The first kappa shape index (κ1) is 17.3. The second-order valence-corrected chi connectivity index (χ2v) is 6.62. The van der Waals surface area contributed by atoms with Gasteiger partial charge in [0.2, 0.25) is 10.0 Å². The molecule has 0 saturated heterocycles. The molecule has 0 spiro atoms. The van der Waals surface area contributed by atoms with Crippen molar-refractivity contribution in [3.63, 3.8) is 0 Å². The highest BCUT2D eigenvalue weighted by atomic mass is 32.2. The van der Waals surface area contributed by atoms with E-state index in [1.54, 1.807) is 13.8 Å². The van der Waals surface area contributed by atoms with Crippen LogP contribution in [0, 0.1) is 10.1 Å². The van der Waals surface area contributed by atoms with E-state index in [0.717, 1.165) is 0 Å². The molecule has 0 bridgehead atoms. The molecular weight excluding hydrogens is 296 g/mol. The summed E-state index contributed by atoms with van der Waals surface area (Å²) in [6.45, 7) is 5.59. The third-order valence-corrected chi connectivity index (χ3v) is 5.05. The summed E-state index contributed by atoms with van der Waals surface area (Å²) in [7, 11) is -3.97. The van der Waals surface area contributed by atoms with Gasteiger partial charge in [-0.25, -0.2) is 8.42 Å². The normalized spacial score (nSPS) is 11.9. The zero-order valence-corrected chi connectivity index (χ0v) is 13.1. The van der Waals surface area contributed by atoms with E-state index in [9.17, 15) is 18.5 Å². The van der Waals surface area contributed by atoms with Crippen LogP contribution in [0.15, 0.2) is 23.1 Å². The Hall–Kier alpha value is -1.71. The highest BCUT2D eigenvalue weighted by Crippen LogP contribution is 2.33. The van der Waals surface area contributed by atoms with E-state index in [-0.39, 0.29) is 23.2 Å². The summed E-state index contributed by atoms with van der Waals surface area (Å²) in [6, 6.07) is 3.69. The van der Waals surface area contributed by atoms with Crippen LogP contribution in [0.3, 0.4) is 0 Å². The molecule has 0 heterocycles. The van der Waals surface area contributed by atoms with Crippen molar-refractivity contribution in [2.45, 2.75) is 38.1 Å². The van der Waals surface area contributed by atoms with Gasteiger partial charge in [0.25, 0.3) is 0 Å². The summed E-state index contributed by atoms with van der Waals surface area (Å²) in [6.07, 6.45) is 0.611. The Kier molecular flexibility index (Phi) is 5.64. The Morgan fingerprint density at radius 3 is 2.48 bits per heavy atom. The molecule has 0 aliphatic carbocycles. The predicted octanol–water partition coefficient (Wildman–Crippen LogP) is 1.69. The van der Waals surface area contributed by atoms with Gasteiger partial charge in [-0.15, -0.1) is 0 Å². The standard InChI is InChI=1S/C12H20N4O4S/c1-4-8-15(9(2)3)21(19,20)11-7-5-6-10(14-13)12(11)16(17)18/h5-7,9,14H,4,8,13H2,1-3H3. The smallest absolute Gasteiger partial charge is 0.313 e. The number of benzene rings is 1. The van der Waals surface area contributed by atoms with Crippen LogP contribution in [0.1, 0.15) is 27.2 Å². The van der Waals surface area contributed by atoms with Gasteiger partial charge in [0.15, 0.2) is 4.90 Å². The minimum atomic E-state index is -3.97. The van der Waals surface area contributed by atoms with E-state index in [2.05, 4.69) is 5.43 Å². The van der Waals surface area contributed by atoms with E-state index in [1.807, 2.05) is 6.92 Å². The highest BCUT2D eigenvalue weighted by Gasteiger charge is 2.34. The average molecular weight is 316 g/mol. The molecule has 8 nitrogen and oxygen atoms in total. The number of nitrogens with two attached hydrogens (primary N) is 1. The molecule has 1 aromatic carbocycles. The number of hydrogen-bond acceptors (Lipinski definition) is 6. The number of nitrogens with zero attached hydrogens (tertiary/aromatic N) is 2. The number of nitro groups is 1. The van der Waals surface area contributed by atoms with Crippen molar-refractivity contribution in [1.29, 1.82) is 0 Å². The number of nitro benzene ring substituents is 1. The van der Waals surface area contributed by atoms with Crippen molar-refractivity contribution >= 4 is 21.4 Å². The topological polar surface area (TPSA) is 119 Å². The van der Waals surface area contributed by atoms with E-state index in [4.69, 9.17) is 5.84 Å². The minimum absolute atomic E-state index is 0.0405. The molecule has 9 heteroatoms. The molecule has 0 aliphatic heterocycles. The number of hydrogen-bond donors (Lipinski definition) is 2. The Labute approximate surface area is 124 Å². The van der Waals surface area contributed by atoms with Gasteiger partial charge >= 0.3 is 5.69 Å². The zero-order valence-electron chi connectivity index (χ0n) is 12.2. The molecule has 0 radical (unpaired) electrons. The summed E-state index contributed by atoms with van der Waals surface area (Å²) < 4.78 is 26.7. The van der Waals surface area contributed by atoms with Gasteiger partial charge in [-0.05, 0) is 32.4 Å². The first-order chi connectivity index (χ1) is 9.77. The number of para-hydroxylation sites is 1. The largest absolute Gasteiger partial charge is 0.318 e. The van der Waals surface area contributed by atoms with Crippen molar-refractivity contribution in [2.24, 2.45) is 5.84 Å². The number of nitrogen functional groups attached to an aromatic ring is 1. The molecule has 0 aromatic heterocycles. The average Bonchev–Trinajstić information content (AvgIpc) is 2.42. The van der Waals surface area contributed by atoms with Crippen molar-refractivity contribution in [3.8, 4) is 0 Å². The maximum absolute atomic E-state index is 12.7. The van der Waals surface area contributed by atoms with Gasteiger partial charge in [-0.1, -0.05) is 13.0 Å². The maximum Gasteiger partial charge on any atom is 0.313 e. The molecular formula is C12H20N4O4S. The summed E-state index contributed by atoms with van der Waals surface area (Å²) in [5.41, 5.74) is 1.58. The van der Waals surface area contributed by atoms with Crippen LogP contribution >= 0.6 is 0 Å². The quantitative estimate of drug-likeness (QED) is 0.449. The second-order valence-electron chi connectivity index (χ2n) is 4.76. The lowest BCUT2D eigenvalue weighted by Gasteiger charge is -2.25. The summed E-state index contributed by atoms with van der Waals surface area (Å²) in [5, 5.41) is 11.2. The maximum atomic E-state index is 12.7. The fourth-order valence-corrected chi connectivity index (χ4v) is 3.95. The minimum Gasteiger partial charge on any atom is -0.318 e. The lowest BCUT2D eigenvalue weighted by Crippen LogP contribution is -2.37. The van der Waals surface area contributed by atoms with Crippen molar-refractivity contribution in [1.82, 2.24) is 4.31 Å². The van der Waals surface area contributed by atoms with Gasteiger partial charge in [0.1, 0.15) is 5.69 Å². The molecule has 3 N–H and O–H groups in total. The number of hydrazine groups is 1. The predicted molar refractivity (Wildman–Crippen MR) is 80.2 cm³/mol. The molecule has 1 rings (SSSR count). The molecule has 0 saturated carbocycles. The first-order valence-corrected chi connectivity index (χ1v) is 7.97. The molecule has 0 amide bonds. The van der Waals surface area contributed by atoms with Crippen LogP contribution in [0.25, 0.3) is 0 Å². The van der Waals surface area contributed by atoms with E-state index in [0.29, 0.717) is 6.42 Å². The SMILES string of the molecule is CCCN(C(C)C)S(=O)(=O)c1cccc(NN)c1[N+](=O)[O-]. The molecule has 0 aliphatic rings. The molecule has 0 unspecified atom stereocenters. The van der Waals surface area contributed by atoms with Gasteiger partial charge in [-0.3, -0.25) is 16.0 Å². The lowest BCUT2D eigenvalue weighted by molar-refractivity contribution is -0.386. The van der Waals surface area contributed by atoms with Crippen LogP contribution < -0.4 is 11.3 Å². The monoisotopic (exact) mass is 316 g/mol. The molecule has 0 atom stereocenters. The highest BCUT2D eigenvalue weighted by molar-refractivity contribution is 7.89. The number of nitrogens with one attached hydrogen (secondary N) is 1. The molecule has 0 fully saturated rings. The Bertz CT molecular complexity index is 616. The fraction of sp³-hybridized carbons (Fsp3) is 0.500. The van der Waals surface area contributed by atoms with Crippen LogP contribution in [0.2, 0.25) is 0 Å². The van der Waals surface area contributed by atoms with Crippen LogP contribution in [0.4, 0.5) is 11.4 Å². The van der Waals surface area contributed by atoms with E-state index < -0.39 is 20.6 Å². The van der Waals surface area contributed by atoms with Crippen molar-refractivity contribution in [3.05, 3.63) is 28.3 Å². The van der Waals surface area contributed by atoms with Gasteiger partial charge in [0.05, 0.1) is 4.92 Å². The molecule has 118 valence electrons. The van der Waals surface area contributed by atoms with Crippen LogP contribution in [-0.4, -0.2) is 30.2 Å². The summed E-state index contributed by atoms with van der Waals surface area (Å²) in [5.74, 6) is 5.23. The van der Waals surface area contributed by atoms with Crippen molar-refractivity contribution < 1.29 is 13.3 Å². The zero-order chi connectivity index (χ0) is 16.2. The Morgan fingerprint density at radius 1 is 1.43 bits per heavy atom. The number of anilines is 1. The molecule has 21 heavy (non-hydrogen) atoms. The first-order valence-electron chi connectivity index (χ1n) is 6.53. The fourth-order valence-electron chi connectivity index (χ4n) is 2.04. The van der Waals surface area contributed by atoms with Gasteiger partial charge in [0, 0.05) is 12.6 Å². The van der Waals surface area contributed by atoms with E-state index >= 15 is 0 Å².